The molecule has 0 radical (unpaired) electrons. The fraction of sp³-hybridized carbons (Fsp3) is 0.714. The molecule has 3 heteroatoms. The van der Waals surface area contributed by atoms with Crippen LogP contribution in [0.4, 0.5) is 0 Å². The molecule has 0 aromatic carbocycles. The van der Waals surface area contributed by atoms with Gasteiger partial charge in [0.25, 0.3) is 0 Å². The SMILES string of the molecule is Cc1ccsc1CNCC1(C)CCN(C)CC1. The van der Waals surface area contributed by atoms with Gasteiger partial charge in [-0.1, -0.05) is 6.92 Å². The smallest absolute Gasteiger partial charge is 0.0302 e. The van der Waals surface area contributed by atoms with E-state index in [0.29, 0.717) is 5.41 Å². The Morgan fingerprint density at radius 3 is 2.71 bits per heavy atom. The van der Waals surface area contributed by atoms with Crippen LogP contribution in [0.5, 0.6) is 0 Å². The van der Waals surface area contributed by atoms with Crippen molar-refractivity contribution in [2.45, 2.75) is 33.2 Å². The zero-order valence-electron chi connectivity index (χ0n) is 11.3. The quantitative estimate of drug-likeness (QED) is 0.886. The molecule has 1 N–H and O–H groups in total. The van der Waals surface area contributed by atoms with Crippen molar-refractivity contribution >= 4 is 11.3 Å². The first-order chi connectivity index (χ1) is 8.09. The number of aryl methyl sites for hydroxylation is 1. The van der Waals surface area contributed by atoms with Crippen molar-refractivity contribution in [3.8, 4) is 0 Å². The maximum atomic E-state index is 3.65. The molecule has 0 saturated carbocycles. The maximum Gasteiger partial charge on any atom is 0.0302 e. The van der Waals surface area contributed by atoms with Gasteiger partial charge in [0.2, 0.25) is 0 Å². The minimum atomic E-state index is 0.498. The van der Waals surface area contributed by atoms with Crippen LogP contribution in [0.2, 0.25) is 0 Å². The van der Waals surface area contributed by atoms with Gasteiger partial charge >= 0.3 is 0 Å². The van der Waals surface area contributed by atoms with Gasteiger partial charge in [0.1, 0.15) is 0 Å². The van der Waals surface area contributed by atoms with Crippen LogP contribution in [0.1, 0.15) is 30.2 Å². The highest BCUT2D eigenvalue weighted by molar-refractivity contribution is 7.10. The van der Waals surface area contributed by atoms with Gasteiger partial charge in [-0.3, -0.25) is 0 Å². The summed E-state index contributed by atoms with van der Waals surface area (Å²) in [7, 11) is 2.22. The first kappa shape index (κ1) is 13.1. The monoisotopic (exact) mass is 252 g/mol. The van der Waals surface area contributed by atoms with Crippen LogP contribution in [0.15, 0.2) is 11.4 Å². The number of likely N-dealkylation sites (tertiary alicyclic amines) is 1. The van der Waals surface area contributed by atoms with Crippen LogP contribution in [0.25, 0.3) is 0 Å². The van der Waals surface area contributed by atoms with E-state index >= 15 is 0 Å². The van der Waals surface area contributed by atoms with E-state index in [-0.39, 0.29) is 0 Å². The van der Waals surface area contributed by atoms with Crippen LogP contribution in [-0.2, 0) is 6.54 Å². The predicted molar refractivity (Wildman–Crippen MR) is 75.6 cm³/mol. The topological polar surface area (TPSA) is 15.3 Å². The van der Waals surface area contributed by atoms with Gasteiger partial charge in [-0.05, 0) is 62.3 Å². The van der Waals surface area contributed by atoms with E-state index in [9.17, 15) is 0 Å². The molecular weight excluding hydrogens is 228 g/mol. The van der Waals surface area contributed by atoms with Gasteiger partial charge in [-0.2, -0.15) is 0 Å². The Balaban J connectivity index is 1.76. The number of hydrogen-bond donors (Lipinski definition) is 1. The Morgan fingerprint density at radius 1 is 1.41 bits per heavy atom. The fourth-order valence-electron chi connectivity index (χ4n) is 2.40. The van der Waals surface area contributed by atoms with Crippen molar-refractivity contribution in [1.29, 1.82) is 0 Å². The number of rotatable bonds is 4. The lowest BCUT2D eigenvalue weighted by Crippen LogP contribution is -2.41. The Hall–Kier alpha value is -0.380. The van der Waals surface area contributed by atoms with Crippen LogP contribution in [0, 0.1) is 12.3 Å². The third kappa shape index (κ3) is 3.54. The van der Waals surface area contributed by atoms with Crippen LogP contribution >= 0.6 is 11.3 Å². The molecule has 0 bridgehead atoms. The van der Waals surface area contributed by atoms with Crippen LogP contribution < -0.4 is 5.32 Å². The number of nitrogens with zero attached hydrogens (tertiary/aromatic N) is 1. The highest BCUT2D eigenvalue weighted by atomic mass is 32.1. The van der Waals surface area contributed by atoms with E-state index in [1.807, 2.05) is 11.3 Å². The maximum absolute atomic E-state index is 3.65. The van der Waals surface area contributed by atoms with E-state index < -0.39 is 0 Å². The molecule has 0 unspecified atom stereocenters. The molecule has 17 heavy (non-hydrogen) atoms. The molecule has 2 nitrogen and oxygen atoms in total. The molecule has 1 aliphatic rings. The minimum absolute atomic E-state index is 0.498. The van der Waals surface area contributed by atoms with Gasteiger partial charge < -0.3 is 10.2 Å². The zero-order chi connectivity index (χ0) is 12.3. The molecule has 1 aromatic heterocycles. The van der Waals surface area contributed by atoms with Crippen LogP contribution in [0.3, 0.4) is 0 Å². The molecular formula is C14H24N2S. The summed E-state index contributed by atoms with van der Waals surface area (Å²) in [6.45, 7) is 9.30. The Morgan fingerprint density at radius 2 is 2.12 bits per heavy atom. The zero-order valence-corrected chi connectivity index (χ0v) is 12.1. The normalized spacial score (nSPS) is 20.6. The van der Waals surface area contributed by atoms with Crippen molar-refractivity contribution in [2.75, 3.05) is 26.7 Å². The lowest BCUT2D eigenvalue weighted by molar-refractivity contribution is 0.137. The van der Waals surface area contributed by atoms with Gasteiger partial charge in [-0.15, -0.1) is 11.3 Å². The Bertz CT molecular complexity index is 351. The first-order valence-corrected chi connectivity index (χ1v) is 7.39. The van der Waals surface area contributed by atoms with Gasteiger partial charge in [0.05, 0.1) is 0 Å². The summed E-state index contributed by atoms with van der Waals surface area (Å²) in [6, 6.07) is 2.21. The highest BCUT2D eigenvalue weighted by Gasteiger charge is 2.28. The van der Waals surface area contributed by atoms with Gasteiger partial charge in [-0.25, -0.2) is 0 Å². The molecule has 1 fully saturated rings. The van der Waals surface area contributed by atoms with Gasteiger partial charge in [0, 0.05) is 18.0 Å². The number of piperidine rings is 1. The molecule has 2 heterocycles. The molecule has 1 aromatic rings. The summed E-state index contributed by atoms with van der Waals surface area (Å²) < 4.78 is 0. The minimum Gasteiger partial charge on any atom is -0.311 e. The lowest BCUT2D eigenvalue weighted by atomic mass is 9.80. The fourth-order valence-corrected chi connectivity index (χ4v) is 3.27. The molecule has 0 amide bonds. The van der Waals surface area contributed by atoms with Crippen LogP contribution in [-0.4, -0.2) is 31.6 Å². The summed E-state index contributed by atoms with van der Waals surface area (Å²) in [5, 5.41) is 5.83. The Kier molecular flexibility index (Phi) is 4.23. The number of thiophene rings is 1. The Labute approximate surface area is 109 Å². The summed E-state index contributed by atoms with van der Waals surface area (Å²) in [6.07, 6.45) is 2.64. The second-order valence-corrected chi connectivity index (χ2v) is 6.74. The van der Waals surface area contributed by atoms with Gasteiger partial charge in [0.15, 0.2) is 0 Å². The second-order valence-electron chi connectivity index (χ2n) is 5.74. The molecule has 1 saturated heterocycles. The van der Waals surface area contributed by atoms with Crippen molar-refractivity contribution in [1.82, 2.24) is 10.2 Å². The van der Waals surface area contributed by atoms with E-state index in [4.69, 9.17) is 0 Å². The van der Waals surface area contributed by atoms with E-state index in [0.717, 1.165) is 13.1 Å². The van der Waals surface area contributed by atoms with Crippen molar-refractivity contribution < 1.29 is 0 Å². The molecule has 0 aliphatic carbocycles. The van der Waals surface area contributed by atoms with E-state index in [1.54, 1.807) is 0 Å². The molecule has 2 rings (SSSR count). The van der Waals surface area contributed by atoms with Crippen molar-refractivity contribution in [3.05, 3.63) is 21.9 Å². The average molecular weight is 252 g/mol. The highest BCUT2D eigenvalue weighted by Crippen LogP contribution is 2.29. The summed E-state index contributed by atoms with van der Waals surface area (Å²) in [4.78, 5) is 3.92. The lowest BCUT2D eigenvalue weighted by Gasteiger charge is -2.38. The predicted octanol–water partition coefficient (Wildman–Crippen LogP) is 2.88. The largest absolute Gasteiger partial charge is 0.311 e. The molecule has 96 valence electrons. The van der Waals surface area contributed by atoms with Crippen molar-refractivity contribution in [2.24, 2.45) is 5.41 Å². The number of nitrogens with one attached hydrogen (secondary N) is 1. The summed E-state index contributed by atoms with van der Waals surface area (Å²) in [5.74, 6) is 0. The summed E-state index contributed by atoms with van der Waals surface area (Å²) in [5.41, 5.74) is 1.92. The first-order valence-electron chi connectivity index (χ1n) is 6.51. The van der Waals surface area contributed by atoms with Crippen molar-refractivity contribution in [3.63, 3.8) is 0 Å². The summed E-state index contributed by atoms with van der Waals surface area (Å²) >= 11 is 1.86. The molecule has 1 aliphatic heterocycles. The van der Waals surface area contributed by atoms with E-state index in [1.165, 1.54) is 36.4 Å². The average Bonchev–Trinajstić information content (AvgIpc) is 2.70. The second kappa shape index (κ2) is 5.51. The molecule has 0 atom stereocenters. The van der Waals surface area contributed by atoms with E-state index in [2.05, 4.69) is 42.6 Å². The third-order valence-electron chi connectivity index (χ3n) is 4.00. The standard InChI is InChI=1S/C14H24N2S/c1-12-4-9-17-13(12)10-15-11-14(2)5-7-16(3)8-6-14/h4,9,15H,5-8,10-11H2,1-3H3. The number of hydrogen-bond acceptors (Lipinski definition) is 3. The molecule has 0 spiro atoms. The third-order valence-corrected chi connectivity index (χ3v) is 5.02.